The minimum atomic E-state index is -0.472. The van der Waals surface area contributed by atoms with Crippen molar-refractivity contribution in [3.8, 4) is 0 Å². The van der Waals surface area contributed by atoms with Gasteiger partial charge < -0.3 is 0 Å². The molecule has 0 aromatic rings. The number of nitrogens with zero attached hydrogens (tertiary/aromatic N) is 1. The number of hydrogen-bond acceptors (Lipinski definition) is 2. The van der Waals surface area contributed by atoms with Crippen LogP contribution in [0.4, 0.5) is 0 Å². The van der Waals surface area contributed by atoms with Crippen LogP contribution in [-0.2, 0) is 9.59 Å². The maximum atomic E-state index is 11.3. The molecule has 1 unspecified atom stereocenters. The molecule has 2 amide bonds. The van der Waals surface area contributed by atoms with Crippen LogP contribution < -0.4 is 0 Å². The van der Waals surface area contributed by atoms with Gasteiger partial charge in [0.2, 0.25) is 11.8 Å². The molecule has 1 rings (SSSR count). The zero-order valence-corrected chi connectivity index (χ0v) is 8.14. The van der Waals surface area contributed by atoms with Crippen molar-refractivity contribution in [3.05, 3.63) is 0 Å². The number of halogens is 1. The topological polar surface area (TPSA) is 37.4 Å². The molecule has 11 heavy (non-hydrogen) atoms. The van der Waals surface area contributed by atoms with E-state index in [0.717, 1.165) is 3.93 Å². The second-order valence-electron chi connectivity index (χ2n) is 3.07. The Labute approximate surface area is 74.1 Å². The van der Waals surface area contributed by atoms with E-state index in [1.165, 1.54) is 0 Å². The van der Waals surface area contributed by atoms with Gasteiger partial charge in [0.15, 0.2) is 0 Å². The summed E-state index contributed by atoms with van der Waals surface area (Å²) in [5, 5.41) is 0. The van der Waals surface area contributed by atoms with E-state index in [-0.39, 0.29) is 11.8 Å². The predicted octanol–water partition coefficient (Wildman–Crippen LogP) is 1.47. The van der Waals surface area contributed by atoms with Crippen LogP contribution in [0, 0.1) is 5.41 Å². The fourth-order valence-electron chi connectivity index (χ4n) is 1.11. The largest absolute Gasteiger partial charge is 0.273 e. The highest BCUT2D eigenvalue weighted by Crippen LogP contribution is 2.36. The van der Waals surface area contributed by atoms with Gasteiger partial charge in [-0.25, -0.2) is 3.93 Å². The zero-order chi connectivity index (χ0) is 8.65. The average Bonchev–Trinajstić information content (AvgIpc) is 2.17. The van der Waals surface area contributed by atoms with E-state index < -0.39 is 5.41 Å². The first-order valence-electron chi connectivity index (χ1n) is 3.54. The van der Waals surface area contributed by atoms with Crippen LogP contribution in [0.5, 0.6) is 0 Å². The highest BCUT2D eigenvalue weighted by molar-refractivity contribution is 9.08. The summed E-state index contributed by atoms with van der Waals surface area (Å²) in [5.74, 6) is -0.260. The Balaban J connectivity index is 2.91. The van der Waals surface area contributed by atoms with E-state index >= 15 is 0 Å². The van der Waals surface area contributed by atoms with E-state index in [2.05, 4.69) is 16.1 Å². The van der Waals surface area contributed by atoms with Crippen molar-refractivity contribution in [2.24, 2.45) is 5.41 Å². The van der Waals surface area contributed by atoms with Crippen molar-refractivity contribution in [3.63, 3.8) is 0 Å². The van der Waals surface area contributed by atoms with E-state index in [1.807, 2.05) is 13.8 Å². The number of carbonyl (C=O) groups excluding carboxylic acids is 2. The van der Waals surface area contributed by atoms with Crippen molar-refractivity contribution < 1.29 is 9.59 Å². The Kier molecular flexibility index (Phi) is 2.05. The van der Waals surface area contributed by atoms with Crippen LogP contribution in [0.25, 0.3) is 0 Å². The molecule has 3 nitrogen and oxygen atoms in total. The fraction of sp³-hybridized carbons (Fsp3) is 0.714. The highest BCUT2D eigenvalue weighted by atomic mass is 79.9. The van der Waals surface area contributed by atoms with Crippen LogP contribution >= 0.6 is 16.1 Å². The summed E-state index contributed by atoms with van der Waals surface area (Å²) >= 11 is 2.92. The summed E-state index contributed by atoms with van der Waals surface area (Å²) in [7, 11) is 0. The number of rotatable bonds is 1. The first kappa shape index (κ1) is 8.71. The number of amides is 2. The molecule has 1 fully saturated rings. The third kappa shape index (κ3) is 1.20. The van der Waals surface area contributed by atoms with Crippen molar-refractivity contribution in [2.75, 3.05) is 0 Å². The molecular formula is C7H10BrNO2. The fourth-order valence-corrected chi connectivity index (χ4v) is 1.66. The molecule has 0 aromatic heterocycles. The standard InChI is InChI=1S/C7H10BrNO2/c1-3-7(2)4-5(10)9(8)6(7)11/h3-4H2,1-2H3. The van der Waals surface area contributed by atoms with E-state index in [1.54, 1.807) is 0 Å². The van der Waals surface area contributed by atoms with Crippen molar-refractivity contribution in [2.45, 2.75) is 26.7 Å². The molecule has 1 atom stereocenters. The van der Waals surface area contributed by atoms with E-state index in [4.69, 9.17) is 0 Å². The molecule has 1 aliphatic rings. The average molecular weight is 220 g/mol. The summed E-state index contributed by atoms with van der Waals surface area (Å²) in [6, 6.07) is 0. The van der Waals surface area contributed by atoms with Gasteiger partial charge in [-0.15, -0.1) is 0 Å². The van der Waals surface area contributed by atoms with Crippen LogP contribution in [0.3, 0.4) is 0 Å². The lowest BCUT2D eigenvalue weighted by Gasteiger charge is -2.16. The third-order valence-electron chi connectivity index (χ3n) is 2.24. The van der Waals surface area contributed by atoms with E-state index in [0.29, 0.717) is 12.8 Å². The second kappa shape index (κ2) is 2.59. The lowest BCUT2D eigenvalue weighted by molar-refractivity contribution is -0.134. The van der Waals surface area contributed by atoms with Crippen LogP contribution in [0.2, 0.25) is 0 Å². The molecule has 0 radical (unpaired) electrons. The van der Waals surface area contributed by atoms with Gasteiger partial charge in [-0.2, -0.15) is 0 Å². The maximum absolute atomic E-state index is 11.3. The summed E-state index contributed by atoms with van der Waals surface area (Å²) in [6.07, 6.45) is 1.03. The van der Waals surface area contributed by atoms with Gasteiger partial charge in [-0.3, -0.25) is 9.59 Å². The van der Waals surface area contributed by atoms with Gasteiger partial charge in [0.25, 0.3) is 0 Å². The molecule has 0 aromatic carbocycles. The van der Waals surface area contributed by atoms with Gasteiger partial charge in [0.05, 0.1) is 21.6 Å². The Morgan fingerprint density at radius 3 is 2.36 bits per heavy atom. The molecule has 1 saturated heterocycles. The monoisotopic (exact) mass is 219 g/mol. The van der Waals surface area contributed by atoms with Crippen molar-refractivity contribution in [1.82, 2.24) is 3.93 Å². The lowest BCUT2D eigenvalue weighted by Crippen LogP contribution is -2.26. The zero-order valence-electron chi connectivity index (χ0n) is 6.56. The van der Waals surface area contributed by atoms with Gasteiger partial charge >= 0.3 is 0 Å². The smallest absolute Gasteiger partial charge is 0.245 e. The molecule has 0 saturated carbocycles. The quantitative estimate of drug-likeness (QED) is 0.495. The Hall–Kier alpha value is -0.380. The van der Waals surface area contributed by atoms with Gasteiger partial charge in [-0.05, 0) is 6.42 Å². The first-order chi connectivity index (χ1) is 5.01. The molecule has 0 spiro atoms. The van der Waals surface area contributed by atoms with Gasteiger partial charge in [-0.1, -0.05) is 13.8 Å². The molecular weight excluding hydrogens is 210 g/mol. The number of hydrogen-bond donors (Lipinski definition) is 0. The summed E-state index contributed by atoms with van der Waals surface area (Å²) in [5.41, 5.74) is -0.472. The molecule has 62 valence electrons. The van der Waals surface area contributed by atoms with Crippen LogP contribution in [0.1, 0.15) is 26.7 Å². The van der Waals surface area contributed by atoms with Crippen LogP contribution in [-0.4, -0.2) is 15.7 Å². The van der Waals surface area contributed by atoms with Crippen molar-refractivity contribution >= 4 is 28.0 Å². The maximum Gasteiger partial charge on any atom is 0.245 e. The first-order valence-corrected chi connectivity index (χ1v) is 4.25. The molecule has 1 aliphatic heterocycles. The Morgan fingerprint density at radius 1 is 1.64 bits per heavy atom. The molecule has 0 aliphatic carbocycles. The summed E-state index contributed by atoms with van der Waals surface area (Å²) < 4.78 is 1.04. The third-order valence-corrected chi connectivity index (χ3v) is 2.95. The SMILES string of the molecule is CCC1(C)CC(=O)N(Br)C1=O. The normalized spacial score (nSPS) is 31.7. The predicted molar refractivity (Wildman–Crippen MR) is 43.8 cm³/mol. The van der Waals surface area contributed by atoms with Gasteiger partial charge in [0, 0.05) is 6.42 Å². The molecule has 0 bridgehead atoms. The minimum absolute atomic E-state index is 0.120. The van der Waals surface area contributed by atoms with Gasteiger partial charge in [0.1, 0.15) is 0 Å². The van der Waals surface area contributed by atoms with E-state index in [9.17, 15) is 9.59 Å². The highest BCUT2D eigenvalue weighted by Gasteiger charge is 2.46. The van der Waals surface area contributed by atoms with Crippen molar-refractivity contribution in [1.29, 1.82) is 0 Å². The second-order valence-corrected chi connectivity index (χ2v) is 3.78. The molecule has 0 N–H and O–H groups in total. The minimum Gasteiger partial charge on any atom is -0.273 e. The number of carbonyl (C=O) groups is 2. The summed E-state index contributed by atoms with van der Waals surface area (Å²) in [4.78, 5) is 22.3. The lowest BCUT2D eigenvalue weighted by atomic mass is 9.86. The molecule has 4 heteroatoms. The Morgan fingerprint density at radius 2 is 2.18 bits per heavy atom. The molecule has 1 heterocycles. The Bertz CT molecular complexity index is 216. The number of imide groups is 1. The summed E-state index contributed by atoms with van der Waals surface area (Å²) in [6.45, 7) is 3.73. The van der Waals surface area contributed by atoms with Crippen LogP contribution in [0.15, 0.2) is 0 Å².